The molecule has 4 rings (SSSR count). The predicted molar refractivity (Wildman–Crippen MR) is 129 cm³/mol. The summed E-state index contributed by atoms with van der Waals surface area (Å²) in [4.78, 5) is 14.9. The maximum Gasteiger partial charge on any atom is 0.285 e. The number of carbonyl (C=O) groups excluding carboxylic acids is 1. The molecule has 2 aliphatic heterocycles. The Bertz CT molecular complexity index is 1240. The maximum absolute atomic E-state index is 12.9. The van der Waals surface area contributed by atoms with Crippen molar-refractivity contribution in [3.8, 4) is 0 Å². The number of nitrogens with zero attached hydrogens (tertiary/aromatic N) is 2. The van der Waals surface area contributed by atoms with Gasteiger partial charge < -0.3 is 10.2 Å². The van der Waals surface area contributed by atoms with Crippen molar-refractivity contribution in [3.63, 3.8) is 0 Å². The number of piperidine rings is 1. The third-order valence-electron chi connectivity index (χ3n) is 6.17. The van der Waals surface area contributed by atoms with Crippen molar-refractivity contribution < 1.29 is 13.2 Å². The van der Waals surface area contributed by atoms with E-state index in [1.54, 1.807) is 24.3 Å². The van der Waals surface area contributed by atoms with Crippen LogP contribution in [0.1, 0.15) is 36.5 Å². The molecule has 0 saturated carbocycles. The normalized spacial score (nSPS) is 18.6. The van der Waals surface area contributed by atoms with Gasteiger partial charge in [-0.3, -0.25) is 4.79 Å². The van der Waals surface area contributed by atoms with Crippen molar-refractivity contribution in [2.24, 2.45) is 10.3 Å². The highest BCUT2D eigenvalue weighted by atomic mass is 35.5. The standard InChI is InChI=1S/C24H26ClN3O3S/c1-15-7-8-19(13-16(15)2)22-17(3)23(27-32(22,30)31)28-11-9-18(10-12-28)24(29)26-21-6-4-5-20(25)14-21/h4-8,13-14,18H,9-12H2,1-3H3,(H,26,29). The topological polar surface area (TPSA) is 78.8 Å². The van der Waals surface area contributed by atoms with Crippen molar-refractivity contribution in [1.82, 2.24) is 4.90 Å². The van der Waals surface area contributed by atoms with Crippen molar-refractivity contribution in [2.75, 3.05) is 18.4 Å². The first-order chi connectivity index (χ1) is 15.2. The first-order valence-electron chi connectivity index (χ1n) is 10.6. The summed E-state index contributed by atoms with van der Waals surface area (Å²) in [6.07, 6.45) is 1.25. The van der Waals surface area contributed by atoms with E-state index in [2.05, 4.69) is 9.71 Å². The summed E-state index contributed by atoms with van der Waals surface area (Å²) in [5, 5.41) is 3.49. The summed E-state index contributed by atoms with van der Waals surface area (Å²) in [7, 11) is -3.76. The van der Waals surface area contributed by atoms with Gasteiger partial charge in [0.1, 0.15) is 10.7 Å². The van der Waals surface area contributed by atoms with Gasteiger partial charge >= 0.3 is 0 Å². The molecule has 32 heavy (non-hydrogen) atoms. The Hall–Kier alpha value is -2.64. The Morgan fingerprint density at radius 3 is 2.44 bits per heavy atom. The molecule has 0 unspecified atom stereocenters. The van der Waals surface area contributed by atoms with Gasteiger partial charge in [-0.15, -0.1) is 4.40 Å². The fourth-order valence-electron chi connectivity index (χ4n) is 4.23. The summed E-state index contributed by atoms with van der Waals surface area (Å²) in [6.45, 7) is 6.92. The highest BCUT2D eigenvalue weighted by Gasteiger charge is 2.35. The quantitative estimate of drug-likeness (QED) is 0.698. The lowest BCUT2D eigenvalue weighted by Gasteiger charge is -2.32. The first-order valence-corrected chi connectivity index (χ1v) is 12.4. The number of aryl methyl sites for hydroxylation is 2. The van der Waals surface area contributed by atoms with Crippen LogP contribution in [0.2, 0.25) is 5.02 Å². The van der Waals surface area contributed by atoms with Gasteiger partial charge in [0.25, 0.3) is 10.0 Å². The zero-order valence-electron chi connectivity index (χ0n) is 18.4. The number of benzene rings is 2. The molecule has 1 fully saturated rings. The second kappa shape index (κ2) is 8.71. The van der Waals surface area contributed by atoms with Crippen LogP contribution in [0.3, 0.4) is 0 Å². The molecule has 8 heteroatoms. The highest BCUT2D eigenvalue weighted by molar-refractivity contribution is 8.00. The van der Waals surface area contributed by atoms with Gasteiger partial charge in [0, 0.05) is 35.3 Å². The van der Waals surface area contributed by atoms with Gasteiger partial charge in [-0.2, -0.15) is 8.42 Å². The van der Waals surface area contributed by atoms with Crippen molar-refractivity contribution >= 4 is 44.0 Å². The molecule has 0 atom stereocenters. The van der Waals surface area contributed by atoms with Crippen LogP contribution in [0.5, 0.6) is 0 Å². The van der Waals surface area contributed by atoms with E-state index >= 15 is 0 Å². The minimum Gasteiger partial charge on any atom is -0.356 e. The molecule has 2 heterocycles. The van der Waals surface area contributed by atoms with Crippen LogP contribution in [0.4, 0.5) is 5.69 Å². The molecular weight excluding hydrogens is 446 g/mol. The molecule has 1 saturated heterocycles. The van der Waals surface area contributed by atoms with E-state index in [1.165, 1.54) is 0 Å². The fourth-order valence-corrected chi connectivity index (χ4v) is 5.89. The van der Waals surface area contributed by atoms with E-state index in [0.717, 1.165) is 11.1 Å². The van der Waals surface area contributed by atoms with E-state index < -0.39 is 10.0 Å². The molecule has 0 aliphatic carbocycles. The minimum atomic E-state index is -3.76. The fraction of sp³-hybridized carbons (Fsp3) is 0.333. The van der Waals surface area contributed by atoms with E-state index in [-0.39, 0.29) is 16.7 Å². The molecule has 168 valence electrons. The molecule has 2 aliphatic rings. The number of nitrogens with one attached hydrogen (secondary N) is 1. The zero-order chi connectivity index (χ0) is 23.0. The Morgan fingerprint density at radius 2 is 1.78 bits per heavy atom. The number of hydrogen-bond acceptors (Lipinski definition) is 4. The van der Waals surface area contributed by atoms with Crippen LogP contribution in [-0.2, 0) is 14.8 Å². The maximum atomic E-state index is 12.9. The molecule has 0 spiro atoms. The molecule has 2 aromatic carbocycles. The Morgan fingerprint density at radius 1 is 1.06 bits per heavy atom. The van der Waals surface area contributed by atoms with Crippen LogP contribution >= 0.6 is 11.6 Å². The third kappa shape index (κ3) is 4.45. The minimum absolute atomic E-state index is 0.0454. The number of anilines is 1. The lowest BCUT2D eigenvalue weighted by atomic mass is 9.95. The Balaban J connectivity index is 1.48. The van der Waals surface area contributed by atoms with Gasteiger partial charge in [-0.05, 0) is 68.5 Å². The summed E-state index contributed by atoms with van der Waals surface area (Å²) < 4.78 is 29.9. The molecule has 0 aromatic heterocycles. The summed E-state index contributed by atoms with van der Waals surface area (Å²) in [5.41, 5.74) is 4.16. The zero-order valence-corrected chi connectivity index (χ0v) is 19.9. The van der Waals surface area contributed by atoms with Crippen molar-refractivity contribution in [2.45, 2.75) is 33.6 Å². The summed E-state index contributed by atoms with van der Waals surface area (Å²) >= 11 is 5.99. The lowest BCUT2D eigenvalue weighted by molar-refractivity contribution is -0.120. The molecule has 6 nitrogen and oxygen atoms in total. The van der Waals surface area contributed by atoms with Crippen LogP contribution in [0.25, 0.3) is 4.91 Å². The number of likely N-dealkylation sites (tertiary alicyclic amines) is 1. The van der Waals surface area contributed by atoms with Crippen LogP contribution in [-0.4, -0.2) is 38.2 Å². The van der Waals surface area contributed by atoms with Crippen molar-refractivity contribution in [3.05, 3.63) is 69.8 Å². The molecule has 1 N–H and O–H groups in total. The Kier molecular flexibility index (Phi) is 6.14. The number of amidine groups is 1. The number of hydrogen-bond donors (Lipinski definition) is 1. The van der Waals surface area contributed by atoms with E-state index in [4.69, 9.17) is 11.6 Å². The Labute approximate surface area is 194 Å². The van der Waals surface area contributed by atoms with Crippen LogP contribution < -0.4 is 5.32 Å². The average Bonchev–Trinajstić information content (AvgIpc) is 2.99. The monoisotopic (exact) mass is 471 g/mol. The van der Waals surface area contributed by atoms with Crippen LogP contribution in [0, 0.1) is 19.8 Å². The molecular formula is C24H26ClN3O3S. The second-order valence-electron chi connectivity index (χ2n) is 8.40. The largest absolute Gasteiger partial charge is 0.356 e. The van der Waals surface area contributed by atoms with Crippen molar-refractivity contribution in [1.29, 1.82) is 0 Å². The van der Waals surface area contributed by atoms with Gasteiger partial charge in [-0.1, -0.05) is 35.9 Å². The number of rotatable bonds is 3. The van der Waals surface area contributed by atoms with E-state index in [1.807, 2.05) is 43.9 Å². The first kappa shape index (κ1) is 22.6. The smallest absolute Gasteiger partial charge is 0.285 e. The summed E-state index contributed by atoms with van der Waals surface area (Å²) in [5.74, 6) is 0.301. The van der Waals surface area contributed by atoms with E-state index in [0.29, 0.717) is 53.6 Å². The number of sulfonamides is 1. The molecule has 2 aromatic rings. The number of amides is 1. The van der Waals surface area contributed by atoms with Gasteiger partial charge in [0.2, 0.25) is 5.91 Å². The number of carbonyl (C=O) groups is 1. The van der Waals surface area contributed by atoms with Gasteiger partial charge in [-0.25, -0.2) is 0 Å². The lowest BCUT2D eigenvalue weighted by Crippen LogP contribution is -2.41. The average molecular weight is 472 g/mol. The number of halogens is 1. The molecule has 0 bridgehead atoms. The van der Waals surface area contributed by atoms with Gasteiger partial charge in [0.15, 0.2) is 0 Å². The van der Waals surface area contributed by atoms with Crippen LogP contribution in [0.15, 0.2) is 52.4 Å². The SMILES string of the molecule is CC1=C(c2ccc(C)c(C)c2)S(=O)(=O)N=C1N1CCC(C(=O)Nc2cccc(Cl)c2)CC1. The van der Waals surface area contributed by atoms with E-state index in [9.17, 15) is 13.2 Å². The second-order valence-corrected chi connectivity index (χ2v) is 10.4. The van der Waals surface area contributed by atoms with Gasteiger partial charge in [0.05, 0.1) is 0 Å². The predicted octanol–water partition coefficient (Wildman–Crippen LogP) is 4.78. The molecule has 1 amide bonds. The highest BCUT2D eigenvalue weighted by Crippen LogP contribution is 2.35. The summed E-state index contributed by atoms with van der Waals surface area (Å²) in [6, 6.07) is 12.7. The molecule has 0 radical (unpaired) electrons. The third-order valence-corrected chi connectivity index (χ3v) is 7.87.